The van der Waals surface area contributed by atoms with E-state index < -0.39 is 23.9 Å². The number of hydrogen-bond acceptors (Lipinski definition) is 4. The van der Waals surface area contributed by atoms with E-state index >= 15 is 0 Å². The summed E-state index contributed by atoms with van der Waals surface area (Å²) < 4.78 is 0. The summed E-state index contributed by atoms with van der Waals surface area (Å²) in [6, 6.07) is 0. The van der Waals surface area contributed by atoms with Gasteiger partial charge in [0.2, 0.25) is 0 Å². The van der Waals surface area contributed by atoms with E-state index in [1.165, 1.54) is 161 Å². The van der Waals surface area contributed by atoms with Crippen molar-refractivity contribution in [1.29, 1.82) is 0 Å². The Morgan fingerprint density at radius 3 is 1.20 bits per heavy atom. The van der Waals surface area contributed by atoms with Crippen molar-refractivity contribution in [3.05, 3.63) is 97.2 Å². The second-order valence-corrected chi connectivity index (χ2v) is 23.7. The average Bonchev–Trinajstić information content (AvgIpc) is 4.10. The average molecular weight is 1110 g/mol. The van der Waals surface area contributed by atoms with Crippen LogP contribution in [0.1, 0.15) is 285 Å². The van der Waals surface area contributed by atoms with Crippen LogP contribution in [0.5, 0.6) is 0 Å². The van der Waals surface area contributed by atoms with E-state index in [1.807, 2.05) is 0 Å². The molecule has 0 spiro atoms. The molecule has 0 radical (unpaired) electrons. The number of aliphatic carboxylic acids is 4. The van der Waals surface area contributed by atoms with Crippen molar-refractivity contribution in [1.82, 2.24) is 0 Å². The third kappa shape index (κ3) is 42.6. The van der Waals surface area contributed by atoms with Crippen LogP contribution in [0.2, 0.25) is 0 Å². The SMILES string of the molecule is CCCC/C=C\C1CC=CCC1CCCCCC(=O)O.CCCCC/C=C\C1CC=CC1CCCCCC(=O)O.CCCCCCC1CC=CC1/C=C\CCCCC(=O)O.CCCCCCC1CC=CCC1/C=C\CCCC(=O)O. The molecule has 8 atom stereocenters. The molecule has 0 saturated carbocycles. The summed E-state index contributed by atoms with van der Waals surface area (Å²) in [5, 5.41) is 34.4. The normalized spacial score (nSPS) is 22.1. The van der Waals surface area contributed by atoms with E-state index in [1.54, 1.807) is 0 Å². The molecule has 8 nitrogen and oxygen atoms in total. The van der Waals surface area contributed by atoms with E-state index in [4.69, 9.17) is 20.4 Å². The highest BCUT2D eigenvalue weighted by molar-refractivity contribution is 5.67. The van der Waals surface area contributed by atoms with E-state index in [9.17, 15) is 19.2 Å². The third-order valence-corrected chi connectivity index (χ3v) is 16.7. The van der Waals surface area contributed by atoms with Gasteiger partial charge in [-0.05, 0) is 176 Å². The van der Waals surface area contributed by atoms with Crippen molar-refractivity contribution < 1.29 is 39.6 Å². The Balaban J connectivity index is 0.000000533. The lowest BCUT2D eigenvalue weighted by Gasteiger charge is -2.26. The number of rotatable bonds is 42. The van der Waals surface area contributed by atoms with Crippen LogP contribution < -0.4 is 0 Å². The number of hydrogen-bond donors (Lipinski definition) is 4. The maximum Gasteiger partial charge on any atom is 0.303 e. The van der Waals surface area contributed by atoms with E-state index in [0.29, 0.717) is 48.9 Å². The van der Waals surface area contributed by atoms with Gasteiger partial charge in [0.15, 0.2) is 0 Å². The summed E-state index contributed by atoms with van der Waals surface area (Å²) in [5.41, 5.74) is 0. The number of carbonyl (C=O) groups is 4. The van der Waals surface area contributed by atoms with E-state index in [0.717, 1.165) is 88.4 Å². The van der Waals surface area contributed by atoms with Crippen LogP contribution >= 0.6 is 0 Å². The van der Waals surface area contributed by atoms with Crippen LogP contribution in [0, 0.1) is 47.3 Å². The van der Waals surface area contributed by atoms with Crippen molar-refractivity contribution in [2.24, 2.45) is 47.3 Å². The Kier molecular flexibility index (Phi) is 48.8. The zero-order valence-electron chi connectivity index (χ0n) is 51.6. The second-order valence-electron chi connectivity index (χ2n) is 23.7. The first-order valence-electron chi connectivity index (χ1n) is 33.1. The molecule has 0 amide bonds. The van der Waals surface area contributed by atoms with Crippen molar-refractivity contribution in [3.8, 4) is 0 Å². The first kappa shape index (κ1) is 73.8. The van der Waals surface area contributed by atoms with Crippen molar-refractivity contribution in [2.75, 3.05) is 0 Å². The molecule has 0 bridgehead atoms. The lowest BCUT2D eigenvalue weighted by Crippen LogP contribution is -2.14. The number of allylic oxidation sites excluding steroid dienone is 16. The lowest BCUT2D eigenvalue weighted by molar-refractivity contribution is -0.138. The molecule has 0 aromatic heterocycles. The molecule has 80 heavy (non-hydrogen) atoms. The van der Waals surface area contributed by atoms with Crippen LogP contribution in [0.25, 0.3) is 0 Å². The van der Waals surface area contributed by atoms with Crippen molar-refractivity contribution >= 4 is 23.9 Å². The Labute approximate surface area is 490 Å². The number of carboxylic acid groups (broad SMARTS) is 4. The minimum Gasteiger partial charge on any atom is -0.481 e. The van der Waals surface area contributed by atoms with Gasteiger partial charge in [-0.1, -0.05) is 228 Å². The molecule has 4 N–H and O–H groups in total. The maximum atomic E-state index is 10.5. The summed E-state index contributed by atoms with van der Waals surface area (Å²) in [4.78, 5) is 41.8. The smallest absolute Gasteiger partial charge is 0.303 e. The lowest BCUT2D eigenvalue weighted by atomic mass is 9.79. The highest BCUT2D eigenvalue weighted by Gasteiger charge is 2.22. The van der Waals surface area contributed by atoms with Gasteiger partial charge in [-0.2, -0.15) is 0 Å². The van der Waals surface area contributed by atoms with Gasteiger partial charge in [0.25, 0.3) is 0 Å². The minimum absolute atomic E-state index is 0.287. The Hall–Kier alpha value is -4.20. The van der Waals surface area contributed by atoms with Crippen LogP contribution in [-0.4, -0.2) is 44.3 Å². The van der Waals surface area contributed by atoms with Gasteiger partial charge in [0.1, 0.15) is 0 Å². The molecule has 4 aliphatic carbocycles. The molecule has 4 rings (SSSR count). The molecule has 0 aliphatic heterocycles. The van der Waals surface area contributed by atoms with Crippen LogP contribution in [0.3, 0.4) is 0 Å². The molecular formula is C72H120O8. The highest BCUT2D eigenvalue weighted by atomic mass is 16.4. The maximum absolute atomic E-state index is 10.5. The van der Waals surface area contributed by atoms with Gasteiger partial charge in [0, 0.05) is 25.7 Å². The topological polar surface area (TPSA) is 149 Å². The predicted octanol–water partition coefficient (Wildman–Crippen LogP) is 21.4. The summed E-state index contributed by atoms with van der Waals surface area (Å²) >= 11 is 0. The highest BCUT2D eigenvalue weighted by Crippen LogP contribution is 2.34. The van der Waals surface area contributed by atoms with Gasteiger partial charge >= 0.3 is 23.9 Å². The molecule has 0 aromatic carbocycles. The van der Waals surface area contributed by atoms with Gasteiger partial charge in [-0.15, -0.1) is 0 Å². The van der Waals surface area contributed by atoms with E-state index in [-0.39, 0.29) is 6.42 Å². The summed E-state index contributed by atoms with van der Waals surface area (Å²) in [6.07, 6.45) is 81.1. The fourth-order valence-electron chi connectivity index (χ4n) is 11.6. The van der Waals surface area contributed by atoms with Crippen LogP contribution in [-0.2, 0) is 19.2 Å². The van der Waals surface area contributed by atoms with Gasteiger partial charge in [-0.25, -0.2) is 0 Å². The van der Waals surface area contributed by atoms with E-state index in [2.05, 4.69) is 125 Å². The molecule has 0 heterocycles. The van der Waals surface area contributed by atoms with Crippen molar-refractivity contribution in [3.63, 3.8) is 0 Å². The molecule has 4 aliphatic rings. The molecular weight excluding hydrogens is 993 g/mol. The molecule has 0 aromatic rings. The van der Waals surface area contributed by atoms with Crippen LogP contribution in [0.15, 0.2) is 97.2 Å². The molecule has 0 fully saturated rings. The zero-order chi connectivity index (χ0) is 58.5. The molecule has 456 valence electrons. The van der Waals surface area contributed by atoms with Gasteiger partial charge in [0.05, 0.1) is 0 Å². The first-order valence-corrected chi connectivity index (χ1v) is 33.1. The number of unbranched alkanes of at least 4 members (excludes halogenated alkanes) is 18. The summed E-state index contributed by atoms with van der Waals surface area (Å²) in [7, 11) is 0. The number of carboxylic acids is 4. The second kappa shape index (κ2) is 52.8. The van der Waals surface area contributed by atoms with Crippen LogP contribution in [0.4, 0.5) is 0 Å². The Morgan fingerprint density at radius 1 is 0.338 bits per heavy atom. The third-order valence-electron chi connectivity index (χ3n) is 16.7. The zero-order valence-corrected chi connectivity index (χ0v) is 51.6. The Morgan fingerprint density at radius 2 is 0.688 bits per heavy atom. The minimum atomic E-state index is -0.687. The fourth-order valence-corrected chi connectivity index (χ4v) is 11.6. The quantitative estimate of drug-likeness (QED) is 0.0349. The summed E-state index contributed by atoms with van der Waals surface area (Å²) in [6.45, 7) is 8.99. The summed E-state index contributed by atoms with van der Waals surface area (Å²) in [5.74, 6) is 3.04. The first-order chi connectivity index (χ1) is 38.9. The standard InChI is InChI=1S/4C18H30O2/c1-2-3-4-7-11-16-13-10-14-17(16)12-8-5-6-9-15-18(19)20;2*1-2-3-4-6-11-16-13-9-10-14-17(16)12-7-5-8-15-18(19)20;1-2-3-4-5-7-11-16-13-10-14-17(16)12-8-6-9-15-18(19)20/h8,10,12,14,16-17H,2-7,9,11,13,15H2,1H3,(H,19,20);7,9-10,12,16-17H,2-6,8,11,13-15H2,1H3,(H,19,20);6,9-11,16-17H,2-5,7-8,12-15H2,1H3,(H,19,20);7,10-11,14,16-17H,2-6,8-9,12-13,15H2,1H3,(H,19,20)/b12-8-;12-7-;11-6-;11-7-. The monoisotopic (exact) mass is 1110 g/mol. The molecule has 8 heteroatoms. The largest absolute Gasteiger partial charge is 0.481 e. The Bertz CT molecular complexity index is 1780. The van der Waals surface area contributed by atoms with Crippen molar-refractivity contribution in [2.45, 2.75) is 285 Å². The van der Waals surface area contributed by atoms with Gasteiger partial charge in [-0.3, -0.25) is 19.2 Å². The molecule has 0 saturated heterocycles. The predicted molar refractivity (Wildman–Crippen MR) is 339 cm³/mol. The van der Waals surface area contributed by atoms with Gasteiger partial charge < -0.3 is 20.4 Å². The molecule has 8 unspecified atom stereocenters. The fraction of sp³-hybridized carbons (Fsp3) is 0.722.